The van der Waals surface area contributed by atoms with Crippen LogP contribution in [-0.4, -0.2) is 22.7 Å². The van der Waals surface area contributed by atoms with Crippen molar-refractivity contribution in [2.45, 2.75) is 19.9 Å². The lowest BCUT2D eigenvalue weighted by molar-refractivity contribution is 0.102. The summed E-state index contributed by atoms with van der Waals surface area (Å²) in [6.45, 7) is 2.77. The number of carbonyl (C=O) groups is 1. The minimum absolute atomic E-state index is 0.0559. The van der Waals surface area contributed by atoms with E-state index in [2.05, 4.69) is 28.0 Å². The van der Waals surface area contributed by atoms with E-state index in [4.69, 9.17) is 4.74 Å². The van der Waals surface area contributed by atoms with Gasteiger partial charge < -0.3 is 4.74 Å². The highest BCUT2D eigenvalue weighted by atomic mass is 79.9. The van der Waals surface area contributed by atoms with Gasteiger partial charge in [-0.15, -0.1) is 11.3 Å². The fourth-order valence-electron chi connectivity index (χ4n) is 1.70. The number of carbonyl (C=O) groups excluding carboxylic acids is 1. The zero-order valence-electron chi connectivity index (χ0n) is 10.1. The van der Waals surface area contributed by atoms with Gasteiger partial charge in [-0.2, -0.15) is 5.10 Å². The van der Waals surface area contributed by atoms with Crippen LogP contribution in [0.15, 0.2) is 22.1 Å². The van der Waals surface area contributed by atoms with Crippen molar-refractivity contribution in [2.24, 2.45) is 0 Å². The quantitative estimate of drug-likeness (QED) is 0.790. The first-order chi connectivity index (χ1) is 8.69. The Morgan fingerprint density at radius 1 is 1.61 bits per heavy atom. The van der Waals surface area contributed by atoms with Crippen LogP contribution < -0.4 is 4.74 Å². The van der Waals surface area contributed by atoms with Gasteiger partial charge in [-0.25, -0.2) is 0 Å². The van der Waals surface area contributed by atoms with Gasteiger partial charge in [0.25, 0.3) is 0 Å². The van der Waals surface area contributed by atoms with Crippen molar-refractivity contribution < 1.29 is 9.53 Å². The van der Waals surface area contributed by atoms with E-state index in [-0.39, 0.29) is 5.78 Å². The Kier molecular flexibility index (Phi) is 4.19. The number of aryl methyl sites for hydroxylation is 1. The molecule has 0 bridgehead atoms. The Hall–Kier alpha value is -1.14. The van der Waals surface area contributed by atoms with Crippen molar-refractivity contribution in [3.63, 3.8) is 0 Å². The second-order valence-corrected chi connectivity index (χ2v) is 5.48. The molecule has 4 nitrogen and oxygen atoms in total. The summed E-state index contributed by atoms with van der Waals surface area (Å²) in [7, 11) is 1.57. The maximum atomic E-state index is 12.5. The lowest BCUT2D eigenvalue weighted by Gasteiger charge is -2.06. The summed E-state index contributed by atoms with van der Waals surface area (Å²) >= 11 is 4.76. The van der Waals surface area contributed by atoms with E-state index < -0.39 is 0 Å². The van der Waals surface area contributed by atoms with Crippen LogP contribution in [0.3, 0.4) is 0 Å². The van der Waals surface area contributed by atoms with Crippen LogP contribution >= 0.6 is 27.3 Å². The molecule has 0 radical (unpaired) electrons. The molecule has 18 heavy (non-hydrogen) atoms. The van der Waals surface area contributed by atoms with Crippen molar-refractivity contribution in [3.8, 4) is 5.75 Å². The lowest BCUT2D eigenvalue weighted by atomic mass is 10.2. The molecular formula is C12H13BrN2O2S. The molecule has 0 unspecified atom stereocenters. The molecule has 96 valence electrons. The molecule has 0 aromatic carbocycles. The van der Waals surface area contributed by atoms with Crippen LogP contribution in [0.2, 0.25) is 0 Å². The number of ether oxygens (including phenoxy) is 1. The number of hydrogen-bond donors (Lipinski definition) is 0. The molecule has 0 saturated heterocycles. The highest BCUT2D eigenvalue weighted by Gasteiger charge is 2.22. The summed E-state index contributed by atoms with van der Waals surface area (Å²) in [5, 5.41) is 6.05. The van der Waals surface area contributed by atoms with E-state index in [1.807, 2.05) is 5.38 Å². The minimum atomic E-state index is -0.0559. The van der Waals surface area contributed by atoms with Crippen LogP contribution in [0.25, 0.3) is 0 Å². The van der Waals surface area contributed by atoms with Gasteiger partial charge >= 0.3 is 0 Å². The molecule has 0 amide bonds. The number of aromatic nitrogens is 2. The third-order valence-electron chi connectivity index (χ3n) is 2.50. The Bertz CT molecular complexity index is 562. The summed E-state index contributed by atoms with van der Waals surface area (Å²) in [6.07, 6.45) is 2.58. The molecule has 0 aliphatic heterocycles. The number of ketones is 1. The Morgan fingerprint density at radius 3 is 3.06 bits per heavy atom. The topological polar surface area (TPSA) is 44.1 Å². The van der Waals surface area contributed by atoms with Gasteiger partial charge in [0.1, 0.15) is 16.3 Å². The summed E-state index contributed by atoms with van der Waals surface area (Å²) in [4.78, 5) is 13.1. The Morgan fingerprint density at radius 2 is 2.39 bits per heavy atom. The number of methoxy groups -OCH3 is 1. The van der Waals surface area contributed by atoms with Gasteiger partial charge in [0.2, 0.25) is 5.78 Å². The maximum absolute atomic E-state index is 12.5. The predicted molar refractivity (Wildman–Crippen MR) is 74.5 cm³/mol. The molecule has 0 fully saturated rings. The SMILES string of the molecule is CCCn1ncc(Br)c1C(=O)c1sccc1OC. The molecule has 2 aromatic heterocycles. The Balaban J connectivity index is 2.42. The summed E-state index contributed by atoms with van der Waals surface area (Å²) in [6, 6.07) is 1.80. The van der Waals surface area contributed by atoms with Gasteiger partial charge in [0, 0.05) is 6.54 Å². The first-order valence-electron chi connectivity index (χ1n) is 5.56. The maximum Gasteiger partial charge on any atom is 0.225 e. The van der Waals surface area contributed by atoms with E-state index in [0.717, 1.165) is 17.4 Å². The van der Waals surface area contributed by atoms with Crippen molar-refractivity contribution in [1.82, 2.24) is 9.78 Å². The van der Waals surface area contributed by atoms with Crippen molar-refractivity contribution in [2.75, 3.05) is 7.11 Å². The third kappa shape index (κ3) is 2.35. The van der Waals surface area contributed by atoms with Gasteiger partial charge in [0.15, 0.2) is 0 Å². The first kappa shape index (κ1) is 13.3. The smallest absolute Gasteiger partial charge is 0.225 e. The number of nitrogens with zero attached hydrogens (tertiary/aromatic N) is 2. The second kappa shape index (κ2) is 5.67. The van der Waals surface area contributed by atoms with E-state index in [1.165, 1.54) is 11.3 Å². The molecule has 0 N–H and O–H groups in total. The molecular weight excluding hydrogens is 316 g/mol. The highest BCUT2D eigenvalue weighted by molar-refractivity contribution is 9.10. The number of rotatable bonds is 5. The predicted octanol–water partition coefficient (Wildman–Crippen LogP) is 3.36. The van der Waals surface area contributed by atoms with Gasteiger partial charge in [0.05, 0.1) is 17.8 Å². The van der Waals surface area contributed by atoms with E-state index in [1.54, 1.807) is 24.1 Å². The van der Waals surface area contributed by atoms with Crippen LogP contribution in [0.1, 0.15) is 28.7 Å². The lowest BCUT2D eigenvalue weighted by Crippen LogP contribution is -2.11. The monoisotopic (exact) mass is 328 g/mol. The second-order valence-electron chi connectivity index (χ2n) is 3.71. The fourth-order valence-corrected chi connectivity index (χ4v) is 2.98. The number of halogens is 1. The van der Waals surface area contributed by atoms with Crippen molar-refractivity contribution in [3.05, 3.63) is 32.7 Å². The molecule has 0 saturated carbocycles. The average molecular weight is 329 g/mol. The molecule has 0 aliphatic carbocycles. The molecule has 2 aromatic rings. The van der Waals surface area contributed by atoms with Gasteiger partial charge in [-0.1, -0.05) is 6.92 Å². The first-order valence-corrected chi connectivity index (χ1v) is 7.23. The van der Waals surface area contributed by atoms with Crippen LogP contribution in [0, 0.1) is 0 Å². The summed E-state index contributed by atoms with van der Waals surface area (Å²) in [5.74, 6) is 0.556. The normalized spacial score (nSPS) is 10.6. The molecule has 0 aliphatic rings. The van der Waals surface area contributed by atoms with Crippen molar-refractivity contribution in [1.29, 1.82) is 0 Å². The average Bonchev–Trinajstić information content (AvgIpc) is 2.96. The molecule has 2 rings (SSSR count). The molecule has 2 heterocycles. The third-order valence-corrected chi connectivity index (χ3v) is 3.98. The number of thiophene rings is 1. The van der Waals surface area contributed by atoms with Crippen LogP contribution in [-0.2, 0) is 6.54 Å². The van der Waals surface area contributed by atoms with E-state index in [9.17, 15) is 4.79 Å². The zero-order valence-corrected chi connectivity index (χ0v) is 12.5. The molecule has 6 heteroatoms. The van der Waals surface area contributed by atoms with Gasteiger partial charge in [-0.3, -0.25) is 9.48 Å². The highest BCUT2D eigenvalue weighted by Crippen LogP contribution is 2.29. The van der Waals surface area contributed by atoms with Crippen molar-refractivity contribution >= 4 is 33.0 Å². The molecule has 0 atom stereocenters. The van der Waals surface area contributed by atoms with E-state index in [0.29, 0.717) is 16.3 Å². The van der Waals surface area contributed by atoms with Gasteiger partial charge in [-0.05, 0) is 33.8 Å². The Labute approximate surface area is 118 Å². The largest absolute Gasteiger partial charge is 0.495 e. The van der Waals surface area contributed by atoms with Crippen LogP contribution in [0.5, 0.6) is 5.75 Å². The fraction of sp³-hybridized carbons (Fsp3) is 0.333. The zero-order chi connectivity index (χ0) is 13.1. The minimum Gasteiger partial charge on any atom is -0.495 e. The van der Waals surface area contributed by atoms with E-state index >= 15 is 0 Å². The summed E-state index contributed by atoms with van der Waals surface area (Å²) < 4.78 is 7.64. The summed E-state index contributed by atoms with van der Waals surface area (Å²) in [5.41, 5.74) is 0.581. The number of hydrogen-bond acceptors (Lipinski definition) is 4. The van der Waals surface area contributed by atoms with Crippen LogP contribution in [0.4, 0.5) is 0 Å². The molecule has 0 spiro atoms. The standard InChI is InChI=1S/C12H13BrN2O2S/c1-3-5-15-10(8(13)7-14-15)11(16)12-9(17-2)4-6-18-12/h4,6-7H,3,5H2,1-2H3.